The molecule has 1 saturated heterocycles. The highest BCUT2D eigenvalue weighted by Crippen LogP contribution is 2.28. The number of nitrogens with two attached hydrogens (primary N) is 1. The minimum absolute atomic E-state index is 0.181. The maximum absolute atomic E-state index is 12.1. The maximum Gasteiger partial charge on any atom is 0.392 e. The summed E-state index contributed by atoms with van der Waals surface area (Å²) in [4.78, 5) is 2.23. The van der Waals surface area contributed by atoms with Gasteiger partial charge in [0, 0.05) is 24.8 Å². The van der Waals surface area contributed by atoms with Crippen LogP contribution in [0.1, 0.15) is 24.8 Å². The van der Waals surface area contributed by atoms with E-state index >= 15 is 0 Å². The van der Waals surface area contributed by atoms with Crippen LogP contribution < -0.4 is 15.4 Å². The number of anilines is 1. The summed E-state index contributed by atoms with van der Waals surface area (Å²) in [7, 11) is 0. The van der Waals surface area contributed by atoms with Crippen LogP contribution in [0.2, 0.25) is 0 Å². The lowest BCUT2D eigenvalue weighted by Gasteiger charge is -2.33. The predicted molar refractivity (Wildman–Crippen MR) is 76.8 cm³/mol. The molecule has 1 aliphatic heterocycles. The van der Waals surface area contributed by atoms with Crippen molar-refractivity contribution in [3.63, 3.8) is 0 Å². The second-order valence-electron chi connectivity index (χ2n) is 5.51. The largest absolute Gasteiger partial charge is 0.493 e. The standard InChI is InChI=1S/C15H21F3N2O/c1-11-9-13(21-8-6-15(16,17)18)4-5-14(11)20-7-2-3-12(19)10-20/h4-5,9,12H,2-3,6-8,10,19H2,1H3. The van der Waals surface area contributed by atoms with Crippen LogP contribution in [-0.4, -0.2) is 31.9 Å². The van der Waals surface area contributed by atoms with Crippen molar-refractivity contribution in [3.05, 3.63) is 23.8 Å². The van der Waals surface area contributed by atoms with Crippen LogP contribution in [0.3, 0.4) is 0 Å². The number of halogens is 3. The lowest BCUT2D eigenvalue weighted by atomic mass is 10.0. The van der Waals surface area contributed by atoms with E-state index in [0.717, 1.165) is 37.2 Å². The van der Waals surface area contributed by atoms with Crippen LogP contribution in [0, 0.1) is 6.92 Å². The monoisotopic (exact) mass is 302 g/mol. The third kappa shape index (κ3) is 4.81. The Bertz CT molecular complexity index is 476. The highest BCUT2D eigenvalue weighted by molar-refractivity contribution is 5.56. The fourth-order valence-corrected chi connectivity index (χ4v) is 2.59. The van der Waals surface area contributed by atoms with Crippen molar-refractivity contribution >= 4 is 5.69 Å². The molecule has 1 aromatic carbocycles. The number of alkyl halides is 3. The highest BCUT2D eigenvalue weighted by atomic mass is 19.4. The first-order valence-electron chi connectivity index (χ1n) is 7.16. The smallest absolute Gasteiger partial charge is 0.392 e. The number of benzene rings is 1. The van der Waals surface area contributed by atoms with Crippen molar-refractivity contribution in [2.75, 3.05) is 24.6 Å². The van der Waals surface area contributed by atoms with E-state index in [1.165, 1.54) is 0 Å². The molecule has 1 fully saturated rings. The lowest BCUT2D eigenvalue weighted by molar-refractivity contribution is -0.139. The van der Waals surface area contributed by atoms with Crippen LogP contribution in [0.4, 0.5) is 18.9 Å². The molecule has 3 nitrogen and oxygen atoms in total. The summed E-state index contributed by atoms with van der Waals surface area (Å²) in [5.41, 5.74) is 8.05. The highest BCUT2D eigenvalue weighted by Gasteiger charge is 2.27. The molecule has 0 aliphatic carbocycles. The summed E-state index contributed by atoms with van der Waals surface area (Å²) in [5, 5.41) is 0. The Morgan fingerprint density at radius 1 is 1.38 bits per heavy atom. The Morgan fingerprint density at radius 3 is 2.76 bits per heavy atom. The molecular formula is C15H21F3N2O. The van der Waals surface area contributed by atoms with Gasteiger partial charge in [-0.15, -0.1) is 0 Å². The zero-order valence-electron chi connectivity index (χ0n) is 12.1. The minimum Gasteiger partial charge on any atom is -0.493 e. The number of aryl methyl sites for hydroxylation is 1. The Hall–Kier alpha value is -1.43. The second-order valence-corrected chi connectivity index (χ2v) is 5.51. The summed E-state index contributed by atoms with van der Waals surface area (Å²) in [5.74, 6) is 0.474. The SMILES string of the molecule is Cc1cc(OCCC(F)(F)F)ccc1N1CCCC(N)C1. The maximum atomic E-state index is 12.1. The average molecular weight is 302 g/mol. The van der Waals surface area contributed by atoms with Crippen molar-refractivity contribution in [1.29, 1.82) is 0 Å². The fraction of sp³-hybridized carbons (Fsp3) is 0.600. The number of hydrogen-bond acceptors (Lipinski definition) is 3. The van der Waals surface area contributed by atoms with Gasteiger partial charge >= 0.3 is 6.18 Å². The van der Waals surface area contributed by atoms with Gasteiger partial charge in [0.2, 0.25) is 0 Å². The number of ether oxygens (including phenoxy) is 1. The molecule has 21 heavy (non-hydrogen) atoms. The molecule has 1 heterocycles. The van der Waals surface area contributed by atoms with Gasteiger partial charge in [-0.3, -0.25) is 0 Å². The lowest BCUT2D eigenvalue weighted by Crippen LogP contribution is -2.43. The third-order valence-corrected chi connectivity index (χ3v) is 3.62. The molecule has 118 valence electrons. The molecule has 0 spiro atoms. The normalized spacial score (nSPS) is 19.7. The number of nitrogens with zero attached hydrogens (tertiary/aromatic N) is 1. The van der Waals surface area contributed by atoms with Gasteiger partial charge in [0.05, 0.1) is 13.0 Å². The molecule has 6 heteroatoms. The summed E-state index contributed by atoms with van der Waals surface area (Å²) in [6.45, 7) is 3.36. The molecule has 1 aromatic rings. The van der Waals surface area contributed by atoms with Crippen molar-refractivity contribution in [2.45, 2.75) is 38.4 Å². The van der Waals surface area contributed by atoms with E-state index < -0.39 is 12.6 Å². The van der Waals surface area contributed by atoms with Gasteiger partial charge in [-0.1, -0.05) is 0 Å². The zero-order chi connectivity index (χ0) is 15.5. The van der Waals surface area contributed by atoms with E-state index in [9.17, 15) is 13.2 Å². The summed E-state index contributed by atoms with van der Waals surface area (Å²) >= 11 is 0. The number of hydrogen-bond donors (Lipinski definition) is 1. The quantitative estimate of drug-likeness (QED) is 0.928. The second kappa shape index (κ2) is 6.56. The van der Waals surface area contributed by atoms with Gasteiger partial charge in [-0.05, 0) is 43.5 Å². The molecule has 0 aromatic heterocycles. The van der Waals surface area contributed by atoms with Crippen LogP contribution in [0.25, 0.3) is 0 Å². The van der Waals surface area contributed by atoms with E-state index in [1.54, 1.807) is 12.1 Å². The van der Waals surface area contributed by atoms with E-state index in [-0.39, 0.29) is 12.6 Å². The van der Waals surface area contributed by atoms with E-state index in [1.807, 2.05) is 13.0 Å². The molecule has 1 unspecified atom stereocenters. The molecule has 0 amide bonds. The zero-order valence-corrected chi connectivity index (χ0v) is 12.1. The Labute approximate surface area is 122 Å². The molecule has 1 aliphatic rings. The minimum atomic E-state index is -4.18. The van der Waals surface area contributed by atoms with E-state index in [4.69, 9.17) is 10.5 Å². The summed E-state index contributed by atoms with van der Waals surface area (Å²) in [6, 6.07) is 5.59. The Morgan fingerprint density at radius 2 is 2.14 bits per heavy atom. The first-order chi connectivity index (χ1) is 9.85. The van der Waals surface area contributed by atoms with Crippen LogP contribution in [0.5, 0.6) is 5.75 Å². The van der Waals surface area contributed by atoms with Crippen molar-refractivity contribution in [2.24, 2.45) is 5.73 Å². The molecule has 0 radical (unpaired) electrons. The molecule has 0 saturated carbocycles. The molecule has 0 bridgehead atoms. The predicted octanol–water partition coefficient (Wildman–Crippen LogP) is 3.25. The van der Waals surface area contributed by atoms with Gasteiger partial charge in [0.25, 0.3) is 0 Å². The van der Waals surface area contributed by atoms with Crippen LogP contribution in [-0.2, 0) is 0 Å². The Balaban J connectivity index is 1.97. The first-order valence-corrected chi connectivity index (χ1v) is 7.16. The molecule has 1 atom stereocenters. The van der Waals surface area contributed by atoms with Crippen molar-refractivity contribution < 1.29 is 17.9 Å². The first kappa shape index (κ1) is 15.9. The Kier molecular flexibility index (Phi) is 4.98. The number of piperidine rings is 1. The summed E-state index contributed by atoms with van der Waals surface area (Å²) < 4.78 is 41.4. The van der Waals surface area contributed by atoms with Crippen LogP contribution >= 0.6 is 0 Å². The topological polar surface area (TPSA) is 38.5 Å². The van der Waals surface area contributed by atoms with E-state index in [2.05, 4.69) is 4.90 Å². The van der Waals surface area contributed by atoms with Gasteiger partial charge in [0.1, 0.15) is 5.75 Å². The van der Waals surface area contributed by atoms with Gasteiger partial charge in [0.15, 0.2) is 0 Å². The third-order valence-electron chi connectivity index (χ3n) is 3.62. The van der Waals surface area contributed by atoms with Gasteiger partial charge < -0.3 is 15.4 Å². The molecule has 2 rings (SSSR count). The van der Waals surface area contributed by atoms with Crippen molar-refractivity contribution in [3.8, 4) is 5.75 Å². The van der Waals surface area contributed by atoms with Gasteiger partial charge in [-0.25, -0.2) is 0 Å². The van der Waals surface area contributed by atoms with Gasteiger partial charge in [-0.2, -0.15) is 13.2 Å². The fourth-order valence-electron chi connectivity index (χ4n) is 2.59. The number of rotatable bonds is 4. The van der Waals surface area contributed by atoms with Crippen LogP contribution in [0.15, 0.2) is 18.2 Å². The summed E-state index contributed by atoms with van der Waals surface area (Å²) in [6.07, 6.45) is -3.02. The molecular weight excluding hydrogens is 281 g/mol. The average Bonchev–Trinajstić information content (AvgIpc) is 2.37. The van der Waals surface area contributed by atoms with Crippen molar-refractivity contribution in [1.82, 2.24) is 0 Å². The van der Waals surface area contributed by atoms with E-state index in [0.29, 0.717) is 5.75 Å². The molecule has 2 N–H and O–H groups in total.